The van der Waals surface area contributed by atoms with E-state index in [0.29, 0.717) is 0 Å². The molecule has 0 fully saturated rings. The average Bonchev–Trinajstić information content (AvgIpc) is 2.83. The van der Waals surface area contributed by atoms with Crippen LogP contribution in [0, 0.1) is 6.92 Å². The quantitative estimate of drug-likeness (QED) is 0.815. The summed E-state index contributed by atoms with van der Waals surface area (Å²) < 4.78 is 0. The van der Waals surface area contributed by atoms with Gasteiger partial charge in [-0.25, -0.2) is 4.98 Å². The van der Waals surface area contributed by atoms with Crippen LogP contribution in [0.1, 0.15) is 21.0 Å². The molecule has 0 unspecified atom stereocenters. The van der Waals surface area contributed by atoms with Gasteiger partial charge in [0.05, 0.1) is 0 Å². The summed E-state index contributed by atoms with van der Waals surface area (Å²) in [6.07, 6.45) is 3.01. The second kappa shape index (κ2) is 7.38. The molecule has 0 spiro atoms. The number of hydrogen-bond donors (Lipinski definition) is 2. The predicted octanol–water partition coefficient (Wildman–Crippen LogP) is 2.50. The Kier molecular flexibility index (Phi) is 5.51. The number of thiazole rings is 1. The first-order chi connectivity index (χ1) is 9.29. The van der Waals surface area contributed by atoms with E-state index in [0.717, 1.165) is 31.1 Å². The van der Waals surface area contributed by atoms with Gasteiger partial charge in [0.15, 0.2) is 0 Å². The maximum Gasteiger partial charge on any atom is 0.107 e. The molecule has 2 aromatic rings. The van der Waals surface area contributed by atoms with Gasteiger partial charge in [-0.2, -0.15) is 0 Å². The topological polar surface area (TPSA) is 37.0 Å². The van der Waals surface area contributed by atoms with E-state index >= 15 is 0 Å². The van der Waals surface area contributed by atoms with Crippen molar-refractivity contribution in [3.63, 3.8) is 0 Å². The molecule has 1 aromatic heterocycles. The SMILES string of the molecule is CNCCc1ccccc1CNCc1ncc(C)s1. The van der Waals surface area contributed by atoms with Gasteiger partial charge in [-0.05, 0) is 38.1 Å². The van der Waals surface area contributed by atoms with Crippen molar-refractivity contribution in [1.82, 2.24) is 15.6 Å². The van der Waals surface area contributed by atoms with Crippen LogP contribution in [0.3, 0.4) is 0 Å². The van der Waals surface area contributed by atoms with E-state index in [4.69, 9.17) is 0 Å². The highest BCUT2D eigenvalue weighted by atomic mass is 32.1. The Balaban J connectivity index is 1.88. The standard InChI is InChI=1S/C15H21N3S/c1-12-9-18-15(19-12)11-17-10-14-6-4-3-5-13(14)7-8-16-2/h3-6,9,16-17H,7-8,10-11H2,1-2H3. The van der Waals surface area contributed by atoms with Gasteiger partial charge in [0.25, 0.3) is 0 Å². The lowest BCUT2D eigenvalue weighted by atomic mass is 10.0. The summed E-state index contributed by atoms with van der Waals surface area (Å²) in [6.45, 7) is 4.86. The molecule has 0 saturated carbocycles. The number of rotatable bonds is 7. The first kappa shape index (κ1) is 14.2. The smallest absolute Gasteiger partial charge is 0.107 e. The van der Waals surface area contributed by atoms with Crippen molar-refractivity contribution < 1.29 is 0 Å². The Hall–Kier alpha value is -1.23. The van der Waals surface area contributed by atoms with Crippen LogP contribution in [0.4, 0.5) is 0 Å². The van der Waals surface area contributed by atoms with Gasteiger partial charge in [-0.15, -0.1) is 11.3 Å². The van der Waals surface area contributed by atoms with E-state index in [-0.39, 0.29) is 0 Å². The molecule has 0 aliphatic rings. The molecule has 2 rings (SSSR count). The largest absolute Gasteiger partial charge is 0.319 e. The van der Waals surface area contributed by atoms with Crippen LogP contribution in [-0.4, -0.2) is 18.6 Å². The van der Waals surface area contributed by atoms with Gasteiger partial charge in [-0.1, -0.05) is 24.3 Å². The number of aryl methyl sites for hydroxylation is 1. The van der Waals surface area contributed by atoms with Crippen LogP contribution in [-0.2, 0) is 19.5 Å². The van der Waals surface area contributed by atoms with E-state index < -0.39 is 0 Å². The normalized spacial score (nSPS) is 10.8. The molecule has 1 heterocycles. The summed E-state index contributed by atoms with van der Waals surface area (Å²) in [5.74, 6) is 0. The summed E-state index contributed by atoms with van der Waals surface area (Å²) in [6, 6.07) is 8.62. The Morgan fingerprint density at radius 1 is 1.16 bits per heavy atom. The van der Waals surface area contributed by atoms with Crippen molar-refractivity contribution in [2.45, 2.75) is 26.4 Å². The van der Waals surface area contributed by atoms with Gasteiger partial charge in [0.1, 0.15) is 5.01 Å². The third-order valence-electron chi connectivity index (χ3n) is 3.02. The number of aromatic nitrogens is 1. The number of nitrogens with zero attached hydrogens (tertiary/aromatic N) is 1. The number of likely N-dealkylation sites (N-methyl/N-ethyl adjacent to an activating group) is 1. The van der Waals surface area contributed by atoms with E-state index in [9.17, 15) is 0 Å². The Morgan fingerprint density at radius 2 is 1.95 bits per heavy atom. The summed E-state index contributed by atoms with van der Waals surface area (Å²) in [5, 5.41) is 7.83. The zero-order chi connectivity index (χ0) is 13.5. The van der Waals surface area contributed by atoms with Gasteiger partial charge in [0, 0.05) is 24.2 Å². The minimum absolute atomic E-state index is 0.846. The predicted molar refractivity (Wildman–Crippen MR) is 81.5 cm³/mol. The lowest BCUT2D eigenvalue weighted by molar-refractivity contribution is 0.680. The maximum atomic E-state index is 4.37. The summed E-state index contributed by atoms with van der Waals surface area (Å²) >= 11 is 1.76. The first-order valence-corrected chi connectivity index (χ1v) is 7.44. The maximum absolute atomic E-state index is 4.37. The molecule has 4 heteroatoms. The zero-order valence-corrected chi connectivity index (χ0v) is 12.4. The minimum Gasteiger partial charge on any atom is -0.319 e. The highest BCUT2D eigenvalue weighted by Crippen LogP contribution is 2.12. The fourth-order valence-corrected chi connectivity index (χ4v) is 2.78. The van der Waals surface area contributed by atoms with Crippen molar-refractivity contribution >= 4 is 11.3 Å². The van der Waals surface area contributed by atoms with E-state index in [1.54, 1.807) is 11.3 Å². The van der Waals surface area contributed by atoms with Crippen LogP contribution in [0.25, 0.3) is 0 Å². The molecule has 102 valence electrons. The third-order valence-corrected chi connectivity index (χ3v) is 3.94. The molecule has 0 atom stereocenters. The Labute approximate surface area is 119 Å². The van der Waals surface area contributed by atoms with E-state index in [2.05, 4.69) is 46.8 Å². The van der Waals surface area contributed by atoms with Crippen molar-refractivity contribution in [3.8, 4) is 0 Å². The minimum atomic E-state index is 0.846. The third kappa shape index (κ3) is 4.42. The molecular formula is C15H21N3S. The highest BCUT2D eigenvalue weighted by Gasteiger charge is 2.02. The molecule has 2 N–H and O–H groups in total. The molecule has 1 aromatic carbocycles. The molecular weight excluding hydrogens is 254 g/mol. The van der Waals surface area contributed by atoms with Crippen LogP contribution in [0.2, 0.25) is 0 Å². The van der Waals surface area contributed by atoms with Crippen molar-refractivity contribution in [1.29, 1.82) is 0 Å². The van der Waals surface area contributed by atoms with Crippen molar-refractivity contribution in [2.24, 2.45) is 0 Å². The van der Waals surface area contributed by atoms with Gasteiger partial charge >= 0.3 is 0 Å². The van der Waals surface area contributed by atoms with Crippen molar-refractivity contribution in [3.05, 3.63) is 51.5 Å². The summed E-state index contributed by atoms with van der Waals surface area (Å²) in [5.41, 5.74) is 2.80. The second-order valence-corrected chi connectivity index (χ2v) is 5.91. The van der Waals surface area contributed by atoms with Gasteiger partial charge in [-0.3, -0.25) is 0 Å². The first-order valence-electron chi connectivity index (χ1n) is 6.63. The summed E-state index contributed by atoms with van der Waals surface area (Å²) in [4.78, 5) is 5.63. The highest BCUT2D eigenvalue weighted by molar-refractivity contribution is 7.11. The fourth-order valence-electron chi connectivity index (χ4n) is 2.02. The van der Waals surface area contributed by atoms with Gasteiger partial charge < -0.3 is 10.6 Å². The second-order valence-electron chi connectivity index (χ2n) is 4.59. The van der Waals surface area contributed by atoms with Gasteiger partial charge in [0.2, 0.25) is 0 Å². The molecule has 0 radical (unpaired) electrons. The van der Waals surface area contributed by atoms with Crippen LogP contribution in [0.15, 0.2) is 30.5 Å². The fraction of sp³-hybridized carbons (Fsp3) is 0.400. The van der Waals surface area contributed by atoms with Crippen molar-refractivity contribution in [2.75, 3.05) is 13.6 Å². The molecule has 0 aliphatic carbocycles. The number of nitrogens with one attached hydrogen (secondary N) is 2. The van der Waals surface area contributed by atoms with Crippen LogP contribution in [0.5, 0.6) is 0 Å². The zero-order valence-electron chi connectivity index (χ0n) is 11.6. The molecule has 0 bridgehead atoms. The Morgan fingerprint density at radius 3 is 2.63 bits per heavy atom. The monoisotopic (exact) mass is 275 g/mol. The lowest BCUT2D eigenvalue weighted by Crippen LogP contribution is -2.16. The number of benzene rings is 1. The molecule has 0 saturated heterocycles. The van der Waals surface area contributed by atoms with Crippen LogP contribution >= 0.6 is 11.3 Å². The van der Waals surface area contributed by atoms with Crippen LogP contribution < -0.4 is 10.6 Å². The Bertz CT molecular complexity index is 508. The average molecular weight is 275 g/mol. The molecule has 19 heavy (non-hydrogen) atoms. The molecule has 0 aliphatic heterocycles. The summed E-state index contributed by atoms with van der Waals surface area (Å²) in [7, 11) is 1.99. The van der Waals surface area contributed by atoms with E-state index in [1.807, 2.05) is 13.2 Å². The number of hydrogen-bond acceptors (Lipinski definition) is 4. The molecule has 3 nitrogen and oxygen atoms in total. The lowest BCUT2D eigenvalue weighted by Gasteiger charge is -2.09. The molecule has 0 amide bonds. The van der Waals surface area contributed by atoms with E-state index in [1.165, 1.54) is 16.0 Å².